The molecule has 9 heteroatoms. The predicted molar refractivity (Wildman–Crippen MR) is 126 cm³/mol. The molecule has 2 N–H and O–H groups in total. The highest BCUT2D eigenvalue weighted by atomic mass is 32.1. The van der Waals surface area contributed by atoms with Crippen LogP contribution < -0.4 is 10.2 Å². The Kier molecular flexibility index (Phi) is 5.19. The molecule has 8 nitrogen and oxygen atoms in total. The van der Waals surface area contributed by atoms with Crippen molar-refractivity contribution in [1.82, 2.24) is 25.5 Å². The number of piperidine rings is 2. The zero-order chi connectivity index (χ0) is 22.4. The van der Waals surface area contributed by atoms with Crippen LogP contribution in [0.1, 0.15) is 50.0 Å². The fourth-order valence-corrected chi connectivity index (χ4v) is 5.95. The van der Waals surface area contributed by atoms with E-state index in [2.05, 4.69) is 30.4 Å². The minimum atomic E-state index is 0.0683. The monoisotopic (exact) mass is 459 g/mol. The van der Waals surface area contributed by atoms with Gasteiger partial charge < -0.3 is 15.3 Å². The van der Waals surface area contributed by atoms with Crippen molar-refractivity contribution in [2.75, 3.05) is 4.90 Å². The van der Waals surface area contributed by atoms with Gasteiger partial charge in [0.1, 0.15) is 11.8 Å². The molecule has 3 aliphatic rings. The Bertz CT molecular complexity index is 1190. The second kappa shape index (κ2) is 8.36. The van der Waals surface area contributed by atoms with Crippen molar-refractivity contribution in [2.45, 2.75) is 69.1 Å². The Morgan fingerprint density at radius 3 is 2.55 bits per heavy atom. The standard InChI is InChI=1S/C24H25N7OS/c25-11-23-28-20(13-33-23)14-4-7-19(21(32)8-14)24-26-12-22(29-30-24)31(17-5-6-17)18-9-15-2-1-3-16(10-18)27-15/h4,7-8,12-13,15-18,27,32H,1-3,5-6,9-10H2/t15-,16+,18-. The van der Waals surface area contributed by atoms with Crippen LogP contribution in [-0.2, 0) is 0 Å². The van der Waals surface area contributed by atoms with E-state index < -0.39 is 0 Å². The molecule has 0 radical (unpaired) electrons. The maximum atomic E-state index is 10.6. The van der Waals surface area contributed by atoms with Gasteiger partial charge in [0.15, 0.2) is 16.6 Å². The molecule has 1 saturated carbocycles. The summed E-state index contributed by atoms with van der Waals surface area (Å²) in [7, 11) is 0. The van der Waals surface area contributed by atoms with E-state index in [-0.39, 0.29) is 5.75 Å². The molecule has 3 aromatic rings. The number of aromatic nitrogens is 4. The minimum absolute atomic E-state index is 0.0683. The highest BCUT2D eigenvalue weighted by Crippen LogP contribution is 2.38. The zero-order valence-corrected chi connectivity index (χ0v) is 19.0. The summed E-state index contributed by atoms with van der Waals surface area (Å²) in [4.78, 5) is 11.3. The largest absolute Gasteiger partial charge is 0.507 e. The normalized spacial score (nSPS) is 24.3. The SMILES string of the molecule is N#Cc1nc(-c2ccc(-c3ncc(N(C4CC4)[C@@H]4C[C@H]5CCC[C@@H](C4)N5)nn3)c(O)c2)cs1. The van der Waals surface area contributed by atoms with Gasteiger partial charge in [-0.2, -0.15) is 5.26 Å². The van der Waals surface area contributed by atoms with E-state index in [1.54, 1.807) is 17.5 Å². The van der Waals surface area contributed by atoms with E-state index >= 15 is 0 Å². The van der Waals surface area contributed by atoms with Gasteiger partial charge >= 0.3 is 0 Å². The van der Waals surface area contributed by atoms with E-state index in [4.69, 9.17) is 5.26 Å². The lowest BCUT2D eigenvalue weighted by molar-refractivity contribution is 0.215. The van der Waals surface area contributed by atoms with E-state index in [1.165, 1.54) is 43.4 Å². The summed E-state index contributed by atoms with van der Waals surface area (Å²) < 4.78 is 0. The summed E-state index contributed by atoms with van der Waals surface area (Å²) in [5, 5.41) is 34.6. The van der Waals surface area contributed by atoms with E-state index in [9.17, 15) is 5.11 Å². The molecule has 168 valence electrons. The van der Waals surface area contributed by atoms with Gasteiger partial charge in [0.25, 0.3) is 0 Å². The second-order valence-electron chi connectivity index (χ2n) is 9.28. The number of rotatable bonds is 5. The highest BCUT2D eigenvalue weighted by Gasteiger charge is 2.40. The average molecular weight is 460 g/mol. The topological polar surface area (TPSA) is 111 Å². The lowest BCUT2D eigenvalue weighted by Crippen LogP contribution is -2.55. The van der Waals surface area contributed by atoms with Crippen molar-refractivity contribution >= 4 is 17.2 Å². The molecule has 33 heavy (non-hydrogen) atoms. The molecule has 2 bridgehead atoms. The molecule has 1 aliphatic carbocycles. The smallest absolute Gasteiger partial charge is 0.194 e. The molecule has 3 fully saturated rings. The van der Waals surface area contributed by atoms with Crippen molar-refractivity contribution in [3.05, 3.63) is 34.8 Å². The molecule has 2 aromatic heterocycles. The summed E-state index contributed by atoms with van der Waals surface area (Å²) in [5.41, 5.74) is 1.94. The van der Waals surface area contributed by atoms with Crippen LogP contribution in [0.5, 0.6) is 5.75 Å². The van der Waals surface area contributed by atoms with E-state index in [1.807, 2.05) is 18.3 Å². The molecule has 1 aromatic carbocycles. The number of phenolic OH excluding ortho intramolecular Hbond substituents is 1. The predicted octanol–water partition coefficient (Wildman–Crippen LogP) is 3.88. The van der Waals surface area contributed by atoms with Gasteiger partial charge in [-0.05, 0) is 50.7 Å². The van der Waals surface area contributed by atoms with Gasteiger partial charge in [0, 0.05) is 35.1 Å². The third-order valence-corrected chi connectivity index (χ3v) is 7.72. The van der Waals surface area contributed by atoms with Gasteiger partial charge in [-0.1, -0.05) is 12.5 Å². The number of hydrogen-bond donors (Lipinski definition) is 2. The lowest BCUT2D eigenvalue weighted by Gasteiger charge is -2.45. The molecule has 0 unspecified atom stereocenters. The van der Waals surface area contributed by atoms with Crippen LogP contribution in [0.15, 0.2) is 29.8 Å². The molecule has 2 aliphatic heterocycles. The molecule has 2 saturated heterocycles. The summed E-state index contributed by atoms with van der Waals surface area (Å²) in [6.45, 7) is 0. The number of phenols is 1. The van der Waals surface area contributed by atoms with Crippen LogP contribution in [0.25, 0.3) is 22.6 Å². The molecule has 0 amide bonds. The Balaban J connectivity index is 1.24. The molecule has 4 heterocycles. The van der Waals surface area contributed by atoms with Gasteiger partial charge in [-0.15, -0.1) is 21.5 Å². The van der Waals surface area contributed by atoms with Crippen LogP contribution in [0, 0.1) is 11.3 Å². The molecule has 0 spiro atoms. The Morgan fingerprint density at radius 2 is 1.91 bits per heavy atom. The van der Waals surface area contributed by atoms with Crippen LogP contribution in [-0.4, -0.2) is 49.4 Å². The highest BCUT2D eigenvalue weighted by molar-refractivity contribution is 7.10. The molecular formula is C24H25N7OS. The lowest BCUT2D eigenvalue weighted by atomic mass is 9.83. The number of nitrogens with one attached hydrogen (secondary N) is 1. The number of fused-ring (bicyclic) bond motifs is 2. The number of aromatic hydroxyl groups is 1. The van der Waals surface area contributed by atoms with Crippen molar-refractivity contribution in [3.63, 3.8) is 0 Å². The molecule has 6 rings (SSSR count). The average Bonchev–Trinajstić information content (AvgIpc) is 3.54. The first-order valence-electron chi connectivity index (χ1n) is 11.6. The van der Waals surface area contributed by atoms with Gasteiger partial charge in [-0.25, -0.2) is 9.97 Å². The van der Waals surface area contributed by atoms with E-state index in [0.717, 1.165) is 24.2 Å². The summed E-state index contributed by atoms with van der Waals surface area (Å²) in [6.07, 6.45) is 10.4. The maximum Gasteiger partial charge on any atom is 0.194 e. The first-order valence-corrected chi connectivity index (χ1v) is 12.5. The Labute approximate surface area is 196 Å². The van der Waals surface area contributed by atoms with Gasteiger partial charge in [-0.3, -0.25) is 0 Å². The first kappa shape index (κ1) is 20.5. The van der Waals surface area contributed by atoms with Crippen molar-refractivity contribution < 1.29 is 5.11 Å². The van der Waals surface area contributed by atoms with Gasteiger partial charge in [0.2, 0.25) is 0 Å². The summed E-state index contributed by atoms with van der Waals surface area (Å²) in [6, 6.07) is 9.56. The number of hydrogen-bond acceptors (Lipinski definition) is 9. The fourth-order valence-electron chi connectivity index (χ4n) is 5.34. The zero-order valence-electron chi connectivity index (χ0n) is 18.2. The number of anilines is 1. The number of thiazole rings is 1. The molecule has 3 atom stereocenters. The maximum absolute atomic E-state index is 10.6. The summed E-state index contributed by atoms with van der Waals surface area (Å²) in [5.74, 6) is 1.31. The van der Waals surface area contributed by atoms with Crippen LogP contribution in [0.3, 0.4) is 0 Å². The Hall–Kier alpha value is -3.09. The first-order chi connectivity index (χ1) is 16.2. The quantitative estimate of drug-likeness (QED) is 0.591. The number of benzene rings is 1. The number of nitriles is 1. The van der Waals surface area contributed by atoms with Crippen LogP contribution >= 0.6 is 11.3 Å². The third-order valence-electron chi connectivity index (χ3n) is 6.97. The van der Waals surface area contributed by atoms with Crippen molar-refractivity contribution in [2.24, 2.45) is 0 Å². The van der Waals surface area contributed by atoms with Crippen LogP contribution in [0.4, 0.5) is 5.82 Å². The second-order valence-corrected chi connectivity index (χ2v) is 10.1. The van der Waals surface area contributed by atoms with Crippen molar-refractivity contribution in [1.29, 1.82) is 5.26 Å². The molecular weight excluding hydrogens is 434 g/mol. The summed E-state index contributed by atoms with van der Waals surface area (Å²) >= 11 is 1.28. The minimum Gasteiger partial charge on any atom is -0.507 e. The number of nitrogens with zero attached hydrogens (tertiary/aromatic N) is 6. The Morgan fingerprint density at radius 1 is 1.09 bits per heavy atom. The van der Waals surface area contributed by atoms with Crippen molar-refractivity contribution in [3.8, 4) is 34.5 Å². The van der Waals surface area contributed by atoms with Gasteiger partial charge in [0.05, 0.1) is 17.5 Å². The van der Waals surface area contributed by atoms with Crippen LogP contribution in [0.2, 0.25) is 0 Å². The van der Waals surface area contributed by atoms with E-state index in [0.29, 0.717) is 46.3 Å². The third kappa shape index (κ3) is 4.05. The fraction of sp³-hybridized carbons (Fsp3) is 0.458.